The van der Waals surface area contributed by atoms with Gasteiger partial charge in [-0.2, -0.15) is 0 Å². The highest BCUT2D eigenvalue weighted by molar-refractivity contribution is 5.75. The Morgan fingerprint density at radius 1 is 1.22 bits per heavy atom. The SMILES string of the molecule is Cc1ccc(O)c(CN2CCc3[nH]cnc3[C@@H]2c2nc3ccccc3[nH]2)c1. The summed E-state index contributed by atoms with van der Waals surface area (Å²) in [4.78, 5) is 18.5. The monoisotopic (exact) mass is 359 g/mol. The molecule has 1 aliphatic heterocycles. The Balaban J connectivity index is 1.58. The lowest BCUT2D eigenvalue weighted by Crippen LogP contribution is -2.36. The molecule has 0 spiro atoms. The molecule has 136 valence electrons. The zero-order valence-corrected chi connectivity index (χ0v) is 15.1. The Morgan fingerprint density at radius 2 is 2.11 bits per heavy atom. The summed E-state index contributed by atoms with van der Waals surface area (Å²) in [6.07, 6.45) is 2.66. The number of hydrogen-bond donors (Lipinski definition) is 3. The second-order valence-corrected chi connectivity index (χ2v) is 7.16. The molecule has 4 aromatic rings. The molecule has 6 nitrogen and oxygen atoms in total. The van der Waals surface area contributed by atoms with Crippen molar-refractivity contribution in [2.24, 2.45) is 0 Å². The lowest BCUT2D eigenvalue weighted by Gasteiger charge is -2.33. The first-order chi connectivity index (χ1) is 13.2. The Kier molecular flexibility index (Phi) is 3.72. The second-order valence-electron chi connectivity index (χ2n) is 7.16. The largest absolute Gasteiger partial charge is 0.508 e. The smallest absolute Gasteiger partial charge is 0.130 e. The summed E-state index contributed by atoms with van der Waals surface area (Å²) >= 11 is 0. The van der Waals surface area contributed by atoms with Gasteiger partial charge in [0.2, 0.25) is 0 Å². The van der Waals surface area contributed by atoms with Gasteiger partial charge in [0, 0.05) is 30.8 Å². The number of fused-ring (bicyclic) bond motifs is 2. The molecule has 2 aromatic heterocycles. The Hall–Kier alpha value is -3.12. The van der Waals surface area contributed by atoms with E-state index in [2.05, 4.69) is 19.9 Å². The number of phenols is 1. The number of benzene rings is 2. The molecule has 0 radical (unpaired) electrons. The van der Waals surface area contributed by atoms with Crippen LogP contribution in [0.5, 0.6) is 5.75 Å². The van der Waals surface area contributed by atoms with Crippen LogP contribution >= 0.6 is 0 Å². The molecule has 3 N–H and O–H groups in total. The van der Waals surface area contributed by atoms with Crippen molar-refractivity contribution in [2.75, 3.05) is 6.54 Å². The number of H-pyrrole nitrogens is 2. The van der Waals surface area contributed by atoms with Crippen LogP contribution in [0.1, 0.15) is 34.4 Å². The number of aromatic nitrogens is 4. The van der Waals surface area contributed by atoms with E-state index in [0.29, 0.717) is 12.3 Å². The molecule has 0 fully saturated rings. The molecular weight excluding hydrogens is 338 g/mol. The number of aromatic hydroxyl groups is 1. The van der Waals surface area contributed by atoms with Crippen LogP contribution in [0.3, 0.4) is 0 Å². The van der Waals surface area contributed by atoms with Crippen LogP contribution in [-0.4, -0.2) is 36.5 Å². The molecule has 27 heavy (non-hydrogen) atoms. The fourth-order valence-electron chi connectivity index (χ4n) is 3.96. The fourth-order valence-corrected chi connectivity index (χ4v) is 3.96. The normalized spacial score (nSPS) is 17.3. The van der Waals surface area contributed by atoms with Crippen molar-refractivity contribution in [1.82, 2.24) is 24.8 Å². The minimum Gasteiger partial charge on any atom is -0.508 e. The van der Waals surface area contributed by atoms with E-state index < -0.39 is 0 Å². The Bertz CT molecular complexity index is 1080. The predicted octanol–water partition coefficient (Wildman–Crippen LogP) is 3.45. The van der Waals surface area contributed by atoms with Crippen LogP contribution in [0, 0.1) is 6.92 Å². The van der Waals surface area contributed by atoms with Gasteiger partial charge in [-0.05, 0) is 25.1 Å². The van der Waals surface area contributed by atoms with E-state index in [1.54, 1.807) is 12.4 Å². The lowest BCUT2D eigenvalue weighted by atomic mass is 10.0. The average molecular weight is 359 g/mol. The molecule has 0 bridgehead atoms. The van der Waals surface area contributed by atoms with Crippen molar-refractivity contribution < 1.29 is 5.11 Å². The summed E-state index contributed by atoms with van der Waals surface area (Å²) in [7, 11) is 0. The highest BCUT2D eigenvalue weighted by atomic mass is 16.3. The van der Waals surface area contributed by atoms with Crippen molar-refractivity contribution in [2.45, 2.75) is 25.9 Å². The average Bonchev–Trinajstić information content (AvgIpc) is 3.31. The van der Waals surface area contributed by atoms with Crippen LogP contribution in [0.2, 0.25) is 0 Å². The van der Waals surface area contributed by atoms with Gasteiger partial charge in [-0.25, -0.2) is 9.97 Å². The fraction of sp³-hybridized carbons (Fsp3) is 0.238. The number of aryl methyl sites for hydroxylation is 1. The molecule has 0 saturated heterocycles. The molecule has 0 amide bonds. The molecule has 1 aliphatic rings. The minimum atomic E-state index is -0.0766. The van der Waals surface area contributed by atoms with E-state index in [4.69, 9.17) is 4.98 Å². The molecule has 0 unspecified atom stereocenters. The van der Waals surface area contributed by atoms with Crippen molar-refractivity contribution >= 4 is 11.0 Å². The summed E-state index contributed by atoms with van der Waals surface area (Å²) in [5, 5.41) is 10.3. The minimum absolute atomic E-state index is 0.0766. The van der Waals surface area contributed by atoms with Crippen molar-refractivity contribution in [1.29, 1.82) is 0 Å². The van der Waals surface area contributed by atoms with E-state index in [9.17, 15) is 5.11 Å². The van der Waals surface area contributed by atoms with Crippen LogP contribution in [-0.2, 0) is 13.0 Å². The van der Waals surface area contributed by atoms with Gasteiger partial charge in [0.15, 0.2) is 0 Å². The summed E-state index contributed by atoms with van der Waals surface area (Å²) < 4.78 is 0. The number of nitrogens with one attached hydrogen (secondary N) is 2. The van der Waals surface area contributed by atoms with Gasteiger partial charge in [0.1, 0.15) is 17.6 Å². The van der Waals surface area contributed by atoms with E-state index in [-0.39, 0.29) is 6.04 Å². The van der Waals surface area contributed by atoms with E-state index in [1.807, 2.05) is 43.3 Å². The van der Waals surface area contributed by atoms with E-state index in [1.165, 1.54) is 0 Å². The maximum atomic E-state index is 10.3. The van der Waals surface area contributed by atoms with Crippen LogP contribution in [0.25, 0.3) is 11.0 Å². The number of aromatic amines is 2. The molecule has 3 heterocycles. The van der Waals surface area contributed by atoms with Crippen LogP contribution in [0.4, 0.5) is 0 Å². The van der Waals surface area contributed by atoms with Crippen molar-refractivity contribution in [3.63, 3.8) is 0 Å². The Morgan fingerprint density at radius 3 is 3.00 bits per heavy atom. The van der Waals surface area contributed by atoms with Gasteiger partial charge in [0.25, 0.3) is 0 Å². The van der Waals surface area contributed by atoms with E-state index in [0.717, 1.165) is 52.3 Å². The maximum absolute atomic E-state index is 10.3. The van der Waals surface area contributed by atoms with Gasteiger partial charge in [-0.1, -0.05) is 29.8 Å². The van der Waals surface area contributed by atoms with Gasteiger partial charge in [-0.3, -0.25) is 4.90 Å². The molecule has 0 aliphatic carbocycles. The molecule has 5 rings (SSSR count). The molecule has 2 aromatic carbocycles. The third kappa shape index (κ3) is 2.78. The van der Waals surface area contributed by atoms with Crippen molar-refractivity contribution in [3.8, 4) is 5.75 Å². The number of para-hydroxylation sites is 2. The molecule has 6 heteroatoms. The summed E-state index contributed by atoms with van der Waals surface area (Å²) in [5.41, 5.74) is 6.20. The molecular formula is C21H21N5O. The van der Waals surface area contributed by atoms with Gasteiger partial charge in [-0.15, -0.1) is 0 Å². The van der Waals surface area contributed by atoms with Gasteiger partial charge in [0.05, 0.1) is 23.1 Å². The maximum Gasteiger partial charge on any atom is 0.130 e. The summed E-state index contributed by atoms with van der Waals surface area (Å²) in [5.74, 6) is 1.22. The first-order valence-electron chi connectivity index (χ1n) is 9.18. The highest BCUT2D eigenvalue weighted by Gasteiger charge is 2.33. The first-order valence-corrected chi connectivity index (χ1v) is 9.18. The van der Waals surface area contributed by atoms with Gasteiger partial charge >= 0.3 is 0 Å². The summed E-state index contributed by atoms with van der Waals surface area (Å²) in [6.45, 7) is 3.55. The topological polar surface area (TPSA) is 80.8 Å². The zero-order valence-electron chi connectivity index (χ0n) is 15.1. The number of hydrogen-bond acceptors (Lipinski definition) is 4. The second kappa shape index (κ2) is 6.25. The number of imidazole rings is 2. The lowest BCUT2D eigenvalue weighted by molar-refractivity contribution is 0.192. The Labute approximate surface area is 156 Å². The highest BCUT2D eigenvalue weighted by Crippen LogP contribution is 2.35. The zero-order chi connectivity index (χ0) is 18.4. The predicted molar refractivity (Wildman–Crippen MR) is 103 cm³/mol. The van der Waals surface area contributed by atoms with Crippen LogP contribution in [0.15, 0.2) is 48.8 Å². The standard InChI is InChI=1S/C21H21N5O/c1-13-6-7-18(27)14(10-13)11-26-9-8-17-19(23-12-22-17)20(26)21-24-15-4-2-3-5-16(15)25-21/h2-7,10,12,20,27H,8-9,11H2,1H3,(H,22,23)(H,24,25)/t20-/m1/s1. The quantitative estimate of drug-likeness (QED) is 0.523. The van der Waals surface area contributed by atoms with Gasteiger partial charge < -0.3 is 15.1 Å². The number of nitrogens with zero attached hydrogens (tertiary/aromatic N) is 3. The molecule has 0 saturated carbocycles. The van der Waals surface area contributed by atoms with Crippen LogP contribution < -0.4 is 0 Å². The third-order valence-electron chi connectivity index (χ3n) is 5.30. The first kappa shape index (κ1) is 16.1. The van der Waals surface area contributed by atoms with Crippen molar-refractivity contribution in [3.05, 3.63) is 77.1 Å². The third-order valence-corrected chi connectivity index (χ3v) is 5.30. The molecule has 1 atom stereocenters. The summed E-state index contributed by atoms with van der Waals surface area (Å²) in [6, 6.07) is 13.7. The number of phenolic OH excluding ortho intramolecular Hbond substituents is 1. The van der Waals surface area contributed by atoms with E-state index >= 15 is 0 Å². The number of rotatable bonds is 3.